The number of piperazine rings is 1. The minimum absolute atomic E-state index is 0.210. The lowest BCUT2D eigenvalue weighted by Gasteiger charge is -2.55. The first kappa shape index (κ1) is 17.3. The lowest BCUT2D eigenvalue weighted by molar-refractivity contribution is -0.107. The van der Waals surface area contributed by atoms with Gasteiger partial charge in [-0.15, -0.1) is 0 Å². The topological polar surface area (TPSA) is 40.1 Å². The molecule has 1 N–H and O–H groups in total. The van der Waals surface area contributed by atoms with Crippen molar-refractivity contribution in [3.8, 4) is 0 Å². The van der Waals surface area contributed by atoms with Crippen LogP contribution in [0.25, 0.3) is 0 Å². The monoisotopic (exact) mass is 360 g/mol. The Bertz CT molecular complexity index is 568. The largest absolute Gasteiger partial charge is 0.377 e. The Morgan fingerprint density at radius 1 is 1.08 bits per heavy atom. The number of rotatable bonds is 2. The van der Waals surface area contributed by atoms with Gasteiger partial charge in [0.05, 0.1) is 6.10 Å². The van der Waals surface area contributed by atoms with Gasteiger partial charge >= 0.3 is 0 Å². The Labute approximate surface area is 158 Å². The van der Waals surface area contributed by atoms with Crippen LogP contribution in [-0.4, -0.2) is 73.8 Å². The number of fused-ring (bicyclic) bond motifs is 3. The van der Waals surface area contributed by atoms with E-state index in [1.54, 1.807) is 0 Å². The molecule has 6 atom stereocenters. The standard InChI is InChI=1S/C21H36N4O/c1-21(2)18(16-6-11-26-19(16)21)23-20(22-3)25-9-7-24(8-10-25)17-13-14-4-5-15(17)12-14/h14-19H,4-13H2,1-3H3,(H,22,23). The van der Waals surface area contributed by atoms with Crippen molar-refractivity contribution in [1.29, 1.82) is 0 Å². The van der Waals surface area contributed by atoms with Gasteiger partial charge in [-0.3, -0.25) is 9.89 Å². The Morgan fingerprint density at radius 2 is 1.88 bits per heavy atom. The van der Waals surface area contributed by atoms with Gasteiger partial charge in [0.2, 0.25) is 0 Å². The summed E-state index contributed by atoms with van der Waals surface area (Å²) in [5, 5.41) is 3.82. The fraction of sp³-hybridized carbons (Fsp3) is 0.952. The fourth-order valence-electron chi connectivity index (χ4n) is 6.98. The Kier molecular flexibility index (Phi) is 4.24. The number of ether oxygens (including phenoxy) is 1. The zero-order valence-electron chi connectivity index (χ0n) is 16.8. The molecule has 0 amide bonds. The van der Waals surface area contributed by atoms with Crippen LogP contribution >= 0.6 is 0 Å². The molecule has 6 unspecified atom stereocenters. The van der Waals surface area contributed by atoms with Gasteiger partial charge in [0.1, 0.15) is 0 Å². The quantitative estimate of drug-likeness (QED) is 0.605. The molecule has 146 valence electrons. The maximum Gasteiger partial charge on any atom is 0.193 e. The molecule has 2 saturated heterocycles. The smallest absolute Gasteiger partial charge is 0.193 e. The van der Waals surface area contributed by atoms with Gasteiger partial charge in [-0.25, -0.2) is 0 Å². The van der Waals surface area contributed by atoms with Crippen LogP contribution in [0, 0.1) is 23.2 Å². The van der Waals surface area contributed by atoms with E-state index >= 15 is 0 Å². The highest BCUT2D eigenvalue weighted by Crippen LogP contribution is 2.52. The third kappa shape index (κ3) is 2.61. The molecule has 2 bridgehead atoms. The molecular weight excluding hydrogens is 324 g/mol. The number of guanidine groups is 1. The fourth-order valence-corrected chi connectivity index (χ4v) is 6.98. The van der Waals surface area contributed by atoms with Crippen LogP contribution < -0.4 is 5.32 Å². The van der Waals surface area contributed by atoms with Crippen molar-refractivity contribution in [2.45, 2.75) is 64.1 Å². The highest BCUT2D eigenvalue weighted by atomic mass is 16.5. The minimum atomic E-state index is 0.210. The molecule has 5 heteroatoms. The number of nitrogens with zero attached hydrogens (tertiary/aromatic N) is 3. The molecule has 0 radical (unpaired) electrons. The van der Waals surface area contributed by atoms with Gasteiger partial charge in [0.15, 0.2) is 5.96 Å². The molecule has 5 rings (SSSR count). The van der Waals surface area contributed by atoms with E-state index in [9.17, 15) is 0 Å². The third-order valence-corrected chi connectivity index (χ3v) is 8.38. The highest BCUT2D eigenvalue weighted by Gasteiger charge is 2.59. The van der Waals surface area contributed by atoms with E-state index in [0.717, 1.165) is 43.5 Å². The summed E-state index contributed by atoms with van der Waals surface area (Å²) < 4.78 is 5.95. The van der Waals surface area contributed by atoms with Crippen molar-refractivity contribution in [3.05, 3.63) is 0 Å². The van der Waals surface area contributed by atoms with Gasteiger partial charge in [-0.2, -0.15) is 0 Å². The highest BCUT2D eigenvalue weighted by molar-refractivity contribution is 5.80. The summed E-state index contributed by atoms with van der Waals surface area (Å²) in [6, 6.07) is 1.38. The van der Waals surface area contributed by atoms with Gasteiger partial charge in [0, 0.05) is 63.3 Å². The van der Waals surface area contributed by atoms with Crippen LogP contribution in [0.1, 0.15) is 46.0 Å². The van der Waals surface area contributed by atoms with Crippen LogP contribution in [0.5, 0.6) is 0 Å². The van der Waals surface area contributed by atoms with Gasteiger partial charge in [0.25, 0.3) is 0 Å². The molecule has 3 saturated carbocycles. The summed E-state index contributed by atoms with van der Waals surface area (Å²) in [6.07, 6.45) is 7.60. The molecule has 5 nitrogen and oxygen atoms in total. The zero-order chi connectivity index (χ0) is 17.9. The molecule has 0 aromatic carbocycles. The van der Waals surface area contributed by atoms with E-state index in [1.807, 2.05) is 7.05 Å². The Morgan fingerprint density at radius 3 is 2.54 bits per heavy atom. The predicted octanol–water partition coefficient (Wildman–Crippen LogP) is 2.18. The van der Waals surface area contributed by atoms with Crippen molar-refractivity contribution in [3.63, 3.8) is 0 Å². The summed E-state index contributed by atoms with van der Waals surface area (Å²) in [5.74, 6) is 3.82. The number of hydrogen-bond acceptors (Lipinski definition) is 3. The van der Waals surface area contributed by atoms with E-state index < -0.39 is 0 Å². The average Bonchev–Trinajstić information content (AvgIpc) is 3.38. The first-order valence-corrected chi connectivity index (χ1v) is 10.9. The molecule has 2 heterocycles. The van der Waals surface area contributed by atoms with Crippen molar-refractivity contribution < 1.29 is 4.74 Å². The van der Waals surface area contributed by atoms with E-state index in [4.69, 9.17) is 4.74 Å². The van der Waals surface area contributed by atoms with Crippen molar-refractivity contribution in [1.82, 2.24) is 15.1 Å². The lowest BCUT2D eigenvalue weighted by atomic mass is 9.57. The van der Waals surface area contributed by atoms with Crippen LogP contribution in [0.15, 0.2) is 4.99 Å². The van der Waals surface area contributed by atoms with Crippen LogP contribution in [0.3, 0.4) is 0 Å². The summed E-state index contributed by atoms with van der Waals surface area (Å²) >= 11 is 0. The van der Waals surface area contributed by atoms with E-state index in [1.165, 1.54) is 45.2 Å². The number of aliphatic imine (C=N–C) groups is 1. The molecular formula is C21H36N4O. The van der Waals surface area contributed by atoms with Gasteiger partial charge < -0.3 is 15.0 Å². The first-order chi connectivity index (χ1) is 12.6. The molecule has 2 aliphatic heterocycles. The van der Waals surface area contributed by atoms with E-state index in [0.29, 0.717) is 18.1 Å². The summed E-state index contributed by atoms with van der Waals surface area (Å²) in [7, 11) is 1.94. The van der Waals surface area contributed by atoms with E-state index in [-0.39, 0.29) is 5.41 Å². The summed E-state index contributed by atoms with van der Waals surface area (Å²) in [6.45, 7) is 10.3. The molecule has 0 spiro atoms. The second-order valence-corrected chi connectivity index (χ2v) is 10.00. The van der Waals surface area contributed by atoms with E-state index in [2.05, 4.69) is 34.0 Å². The SMILES string of the molecule is CN=C(NC1C2CCOC2C1(C)C)N1CCN(C2CC3CCC2C3)CC1. The molecule has 26 heavy (non-hydrogen) atoms. The second kappa shape index (κ2) is 6.37. The molecule has 5 aliphatic rings. The summed E-state index contributed by atoms with van der Waals surface area (Å²) in [4.78, 5) is 9.93. The van der Waals surface area contributed by atoms with Crippen molar-refractivity contribution in [2.24, 2.45) is 28.2 Å². The Hall–Kier alpha value is -0.810. The number of hydrogen-bond donors (Lipinski definition) is 1. The maximum absolute atomic E-state index is 5.95. The van der Waals surface area contributed by atoms with Crippen molar-refractivity contribution in [2.75, 3.05) is 39.8 Å². The predicted molar refractivity (Wildman–Crippen MR) is 104 cm³/mol. The van der Waals surface area contributed by atoms with Crippen LogP contribution in [0.2, 0.25) is 0 Å². The minimum Gasteiger partial charge on any atom is -0.377 e. The second-order valence-electron chi connectivity index (χ2n) is 10.00. The molecule has 5 fully saturated rings. The van der Waals surface area contributed by atoms with Crippen molar-refractivity contribution >= 4 is 5.96 Å². The number of nitrogens with one attached hydrogen (secondary N) is 1. The van der Waals surface area contributed by atoms with Gasteiger partial charge in [-0.05, 0) is 37.5 Å². The van der Waals surface area contributed by atoms with Gasteiger partial charge in [-0.1, -0.05) is 20.3 Å². The molecule has 0 aromatic rings. The molecule has 3 aliphatic carbocycles. The first-order valence-electron chi connectivity index (χ1n) is 10.9. The maximum atomic E-state index is 5.95. The average molecular weight is 361 g/mol. The summed E-state index contributed by atoms with van der Waals surface area (Å²) in [5.41, 5.74) is 0.210. The Balaban J connectivity index is 1.18. The normalized spacial score (nSPS) is 44.9. The van der Waals surface area contributed by atoms with Crippen LogP contribution in [-0.2, 0) is 4.74 Å². The zero-order valence-corrected chi connectivity index (χ0v) is 16.8. The third-order valence-electron chi connectivity index (χ3n) is 8.38. The lowest BCUT2D eigenvalue weighted by Crippen LogP contribution is -2.68. The van der Waals surface area contributed by atoms with Crippen LogP contribution in [0.4, 0.5) is 0 Å². The molecule has 0 aromatic heterocycles.